The largest absolute Gasteiger partial charge is 0.447 e. The maximum absolute atomic E-state index is 13.1. The minimum Gasteiger partial charge on any atom is -0.447 e. The van der Waals surface area contributed by atoms with E-state index in [1.54, 1.807) is 36.7 Å². The van der Waals surface area contributed by atoms with Crippen molar-refractivity contribution in [3.8, 4) is 0 Å². The predicted octanol–water partition coefficient (Wildman–Crippen LogP) is 4.17. The van der Waals surface area contributed by atoms with E-state index in [0.29, 0.717) is 43.4 Å². The van der Waals surface area contributed by atoms with E-state index in [1.807, 2.05) is 0 Å². The zero-order valence-electron chi connectivity index (χ0n) is 12.7. The smallest absolute Gasteiger partial charge is 0.265 e. The number of rotatable bonds is 0. The van der Waals surface area contributed by atoms with Crippen LogP contribution >= 0.6 is 31.9 Å². The number of furan rings is 2. The Balaban J connectivity index is 1.71. The third-order valence-corrected chi connectivity index (χ3v) is 5.55. The summed E-state index contributed by atoms with van der Waals surface area (Å²) >= 11 is 6.62. The van der Waals surface area contributed by atoms with Gasteiger partial charge < -0.3 is 8.83 Å². The van der Waals surface area contributed by atoms with E-state index < -0.39 is 0 Å². The van der Waals surface area contributed by atoms with Gasteiger partial charge in [-0.1, -0.05) is 0 Å². The summed E-state index contributed by atoms with van der Waals surface area (Å²) in [4.78, 5) is 29.2. The van der Waals surface area contributed by atoms with Gasteiger partial charge >= 0.3 is 0 Å². The van der Waals surface area contributed by atoms with Crippen LogP contribution in [0.1, 0.15) is 22.6 Å². The number of amides is 2. The highest BCUT2D eigenvalue weighted by Gasteiger charge is 2.51. The molecule has 0 unspecified atom stereocenters. The van der Waals surface area contributed by atoms with Crippen molar-refractivity contribution in [3.05, 3.63) is 67.7 Å². The Kier molecular flexibility index (Phi) is 2.56. The van der Waals surface area contributed by atoms with Crippen molar-refractivity contribution in [3.63, 3.8) is 0 Å². The molecule has 6 heterocycles. The van der Waals surface area contributed by atoms with E-state index >= 15 is 0 Å². The van der Waals surface area contributed by atoms with Crippen LogP contribution in [-0.2, 0) is 9.59 Å². The molecule has 6 nitrogen and oxygen atoms in total. The molecule has 126 valence electrons. The Morgan fingerprint density at radius 3 is 1.58 bits per heavy atom. The van der Waals surface area contributed by atoms with Crippen molar-refractivity contribution in [1.29, 1.82) is 0 Å². The second-order valence-corrected chi connectivity index (χ2v) is 7.66. The summed E-state index contributed by atoms with van der Waals surface area (Å²) in [6.45, 7) is 0. The van der Waals surface area contributed by atoms with Crippen molar-refractivity contribution in [2.45, 2.75) is 0 Å². The molecular weight excluding hydrogens is 468 g/mol. The monoisotopic (exact) mass is 472 g/mol. The highest BCUT2D eigenvalue weighted by molar-refractivity contribution is 9.10. The van der Waals surface area contributed by atoms with Gasteiger partial charge in [0.05, 0.1) is 11.1 Å². The number of carbonyl (C=O) groups is 2. The van der Waals surface area contributed by atoms with Gasteiger partial charge in [-0.2, -0.15) is 0 Å². The first-order chi connectivity index (χ1) is 12.5. The van der Waals surface area contributed by atoms with Crippen molar-refractivity contribution in [2.24, 2.45) is 0 Å². The zero-order valence-corrected chi connectivity index (χ0v) is 15.9. The number of hydrogen-bond donors (Lipinski definition) is 0. The minimum absolute atomic E-state index is 0.274. The van der Waals surface area contributed by atoms with E-state index in [-0.39, 0.29) is 11.8 Å². The molecule has 4 aliphatic rings. The zero-order chi connectivity index (χ0) is 17.7. The predicted molar refractivity (Wildman–Crippen MR) is 98.4 cm³/mol. The Bertz CT molecular complexity index is 1110. The Hall–Kier alpha value is -2.58. The molecule has 0 atom stereocenters. The lowest BCUT2D eigenvalue weighted by molar-refractivity contribution is -0.122. The van der Waals surface area contributed by atoms with Gasteiger partial charge in [0.1, 0.15) is 11.4 Å². The van der Waals surface area contributed by atoms with Crippen molar-refractivity contribution < 1.29 is 18.4 Å². The Labute approximate surface area is 163 Å². The third-order valence-electron chi connectivity index (χ3n) is 4.77. The van der Waals surface area contributed by atoms with Crippen LogP contribution in [0, 0.1) is 0 Å². The van der Waals surface area contributed by atoms with Gasteiger partial charge in [-0.25, -0.2) is 0 Å². The summed E-state index contributed by atoms with van der Waals surface area (Å²) in [6.07, 6.45) is 6.90. The second-order valence-electron chi connectivity index (χ2n) is 6.10. The molecule has 8 heteroatoms. The SMILES string of the molecule is O=C1C2=C3c4oc(Br)cc4C=CN3C(=O)C2=C2c3oc(Br)cc3C=CN12. The molecule has 0 saturated carbocycles. The molecule has 0 saturated heterocycles. The molecule has 0 bridgehead atoms. The molecular formula is C18H6Br2N2O4. The topological polar surface area (TPSA) is 66.9 Å². The first-order valence-corrected chi connectivity index (χ1v) is 9.25. The van der Waals surface area contributed by atoms with Crippen LogP contribution in [0.15, 0.2) is 53.9 Å². The van der Waals surface area contributed by atoms with Gasteiger partial charge in [0.25, 0.3) is 11.8 Å². The van der Waals surface area contributed by atoms with Crippen molar-refractivity contribution in [2.75, 3.05) is 0 Å². The van der Waals surface area contributed by atoms with E-state index in [2.05, 4.69) is 31.9 Å². The number of hydrogen-bond acceptors (Lipinski definition) is 4. The average molecular weight is 474 g/mol. The number of nitrogens with zero attached hydrogens (tertiary/aromatic N) is 2. The normalized spacial score (nSPS) is 19.3. The Morgan fingerprint density at radius 1 is 0.731 bits per heavy atom. The highest BCUT2D eigenvalue weighted by atomic mass is 79.9. The quantitative estimate of drug-likeness (QED) is 0.575. The first kappa shape index (κ1) is 14.6. The van der Waals surface area contributed by atoms with Crippen LogP contribution in [0.3, 0.4) is 0 Å². The molecule has 0 spiro atoms. The fraction of sp³-hybridized carbons (Fsp3) is 0. The summed E-state index contributed by atoms with van der Waals surface area (Å²) in [7, 11) is 0. The van der Waals surface area contributed by atoms with E-state index in [0.717, 1.165) is 11.1 Å². The molecule has 0 N–H and O–H groups in total. The summed E-state index contributed by atoms with van der Waals surface area (Å²) in [6, 6.07) is 3.61. The molecule has 2 aromatic rings. The lowest BCUT2D eigenvalue weighted by atomic mass is 10.0. The van der Waals surface area contributed by atoms with Gasteiger partial charge in [0.15, 0.2) is 20.9 Å². The summed E-state index contributed by atoms with van der Waals surface area (Å²) in [5.74, 6) is 0.445. The number of fused-ring (bicyclic) bond motifs is 7. The van der Waals surface area contributed by atoms with Crippen LogP contribution in [0.4, 0.5) is 0 Å². The minimum atomic E-state index is -0.274. The third kappa shape index (κ3) is 1.57. The maximum Gasteiger partial charge on any atom is 0.265 e. The summed E-state index contributed by atoms with van der Waals surface area (Å²) in [5, 5.41) is 0. The van der Waals surface area contributed by atoms with Crippen LogP contribution in [0.2, 0.25) is 0 Å². The molecule has 0 aliphatic carbocycles. The summed E-state index contributed by atoms with van der Waals surface area (Å²) in [5.41, 5.74) is 3.24. The lowest BCUT2D eigenvalue weighted by Gasteiger charge is -2.22. The number of halogens is 2. The van der Waals surface area contributed by atoms with E-state index in [4.69, 9.17) is 8.83 Å². The van der Waals surface area contributed by atoms with Crippen LogP contribution in [0.5, 0.6) is 0 Å². The Morgan fingerprint density at radius 2 is 1.15 bits per heavy atom. The number of carbonyl (C=O) groups excluding carboxylic acids is 2. The van der Waals surface area contributed by atoms with Gasteiger partial charge in [0, 0.05) is 23.5 Å². The van der Waals surface area contributed by atoms with Gasteiger partial charge in [0.2, 0.25) is 0 Å². The van der Waals surface area contributed by atoms with E-state index in [1.165, 1.54) is 9.80 Å². The molecule has 0 fully saturated rings. The van der Waals surface area contributed by atoms with Gasteiger partial charge in [-0.3, -0.25) is 19.4 Å². The van der Waals surface area contributed by atoms with E-state index in [9.17, 15) is 9.59 Å². The maximum atomic E-state index is 13.1. The molecule has 6 rings (SSSR count). The van der Waals surface area contributed by atoms with Crippen molar-refractivity contribution >= 4 is 67.2 Å². The molecule has 0 aromatic carbocycles. The van der Waals surface area contributed by atoms with Crippen LogP contribution < -0.4 is 0 Å². The van der Waals surface area contributed by atoms with Gasteiger partial charge in [-0.15, -0.1) is 0 Å². The van der Waals surface area contributed by atoms with Crippen LogP contribution in [0.25, 0.3) is 23.5 Å². The van der Waals surface area contributed by atoms with Crippen molar-refractivity contribution in [1.82, 2.24) is 9.80 Å². The first-order valence-electron chi connectivity index (χ1n) is 7.66. The molecule has 2 amide bonds. The fourth-order valence-corrected chi connectivity index (χ4v) is 4.56. The second kappa shape index (κ2) is 4.57. The fourth-order valence-electron chi connectivity index (χ4n) is 3.74. The standard InChI is InChI=1S/C18H6Br2N2O4/c19-9-5-7-1-3-21-13(15(7)25-9)11-12(17(21)23)14-16-8(6-10(20)26-16)2-4-22(14)18(11)24/h1-6H. The average Bonchev–Trinajstić information content (AvgIpc) is 3.30. The molecule has 0 radical (unpaired) electrons. The molecule has 26 heavy (non-hydrogen) atoms. The summed E-state index contributed by atoms with van der Waals surface area (Å²) < 4.78 is 12.5. The highest BCUT2D eigenvalue weighted by Crippen LogP contribution is 2.51. The molecule has 2 aromatic heterocycles. The molecule has 4 aliphatic heterocycles. The van der Waals surface area contributed by atoms with Gasteiger partial charge in [-0.05, 0) is 56.1 Å². The van der Waals surface area contributed by atoms with Crippen LogP contribution in [-0.4, -0.2) is 21.6 Å². The lowest BCUT2D eigenvalue weighted by Crippen LogP contribution is -2.26.